The Morgan fingerprint density at radius 1 is 1.50 bits per heavy atom. The van der Waals surface area contributed by atoms with E-state index in [0.717, 1.165) is 10.2 Å². The van der Waals surface area contributed by atoms with Crippen molar-refractivity contribution in [3.05, 3.63) is 22.7 Å². The zero-order valence-electron chi connectivity index (χ0n) is 6.02. The van der Waals surface area contributed by atoms with Crippen molar-refractivity contribution in [1.82, 2.24) is 0 Å². The van der Waals surface area contributed by atoms with Gasteiger partial charge >= 0.3 is 0 Å². The lowest BCUT2D eigenvalue weighted by atomic mass is 9.96. The van der Waals surface area contributed by atoms with E-state index in [9.17, 15) is 0 Å². The third kappa shape index (κ3) is 1.54. The Morgan fingerprint density at radius 2 is 2.20 bits per heavy atom. The van der Waals surface area contributed by atoms with Crippen LogP contribution in [0.25, 0.3) is 0 Å². The first-order chi connectivity index (χ1) is 4.74. The predicted octanol–water partition coefficient (Wildman–Crippen LogP) is 0.716. The van der Waals surface area contributed by atoms with Gasteiger partial charge in [-0.1, -0.05) is 21.4 Å². The summed E-state index contributed by atoms with van der Waals surface area (Å²) in [6.07, 6.45) is 0. The quantitative estimate of drug-likeness (QED) is 0.605. The highest BCUT2D eigenvalue weighted by Gasteiger charge is 1.94. The van der Waals surface area contributed by atoms with Crippen LogP contribution in [0.4, 0.5) is 0 Å². The lowest BCUT2D eigenvalue weighted by Gasteiger charge is -2.01. The molecule has 0 atom stereocenters. The number of rotatable bonds is 1. The van der Waals surface area contributed by atoms with Crippen LogP contribution in [0.3, 0.4) is 0 Å². The summed E-state index contributed by atoms with van der Waals surface area (Å²) in [4.78, 5) is 0. The highest BCUT2D eigenvalue weighted by atomic mass is 79.9. The van der Waals surface area contributed by atoms with Crippen molar-refractivity contribution < 1.29 is 4.74 Å². The molecule has 0 aliphatic heterocycles. The molecule has 0 spiro atoms. The summed E-state index contributed by atoms with van der Waals surface area (Å²) in [7, 11) is 3.70. The van der Waals surface area contributed by atoms with Crippen molar-refractivity contribution in [2.24, 2.45) is 0 Å². The minimum Gasteiger partial charge on any atom is -0.497 e. The number of ether oxygens (including phenoxy) is 1. The molecule has 0 radical (unpaired) electrons. The first kappa shape index (κ1) is 7.67. The number of halogens is 1. The maximum Gasteiger partial charge on any atom is 0.140 e. The fourth-order valence-corrected chi connectivity index (χ4v) is 0.991. The van der Waals surface area contributed by atoms with Gasteiger partial charge in [-0.25, -0.2) is 0 Å². The Kier molecular flexibility index (Phi) is 2.38. The molecule has 0 N–H and O–H groups in total. The van der Waals surface area contributed by atoms with E-state index in [1.165, 1.54) is 5.46 Å². The van der Waals surface area contributed by atoms with E-state index in [1.807, 2.05) is 26.0 Å². The summed E-state index contributed by atoms with van der Waals surface area (Å²) >= 11 is 3.40. The zero-order valence-corrected chi connectivity index (χ0v) is 7.60. The van der Waals surface area contributed by atoms with E-state index in [1.54, 1.807) is 7.11 Å². The van der Waals surface area contributed by atoms with Crippen LogP contribution in [0.2, 0.25) is 0 Å². The number of hydrogen-bond acceptors (Lipinski definition) is 1. The Bertz CT molecular complexity index is 237. The van der Waals surface area contributed by atoms with Crippen LogP contribution in [0, 0.1) is 0 Å². The molecule has 0 saturated carbocycles. The summed E-state index contributed by atoms with van der Waals surface area (Å²) in [6.45, 7) is 0. The second-order valence-electron chi connectivity index (χ2n) is 2.12. The van der Waals surface area contributed by atoms with Crippen LogP contribution in [0.15, 0.2) is 22.7 Å². The van der Waals surface area contributed by atoms with Gasteiger partial charge in [-0.3, -0.25) is 0 Å². The second kappa shape index (κ2) is 3.10. The predicted molar refractivity (Wildman–Crippen MR) is 48.9 cm³/mol. The van der Waals surface area contributed by atoms with Crippen LogP contribution in [0.5, 0.6) is 5.75 Å². The fraction of sp³-hybridized carbons (Fsp3) is 0.143. The van der Waals surface area contributed by atoms with E-state index < -0.39 is 0 Å². The lowest BCUT2D eigenvalue weighted by molar-refractivity contribution is 0.415. The van der Waals surface area contributed by atoms with Crippen LogP contribution in [-0.4, -0.2) is 15.0 Å². The van der Waals surface area contributed by atoms with Crippen molar-refractivity contribution in [3.8, 4) is 5.75 Å². The molecule has 0 fully saturated rings. The summed E-state index contributed by atoms with van der Waals surface area (Å²) in [5.74, 6) is 0.903. The van der Waals surface area contributed by atoms with Crippen molar-refractivity contribution in [2.75, 3.05) is 7.11 Å². The Hall–Kier alpha value is -0.435. The Labute approximate surface area is 69.9 Å². The summed E-state index contributed by atoms with van der Waals surface area (Å²) in [5.41, 5.74) is 1.19. The maximum absolute atomic E-state index is 5.03. The third-order valence-corrected chi connectivity index (χ3v) is 2.25. The van der Waals surface area contributed by atoms with Gasteiger partial charge in [0.15, 0.2) is 0 Å². The number of hydrogen-bond donors (Lipinski definition) is 0. The largest absolute Gasteiger partial charge is 0.497 e. The molecule has 52 valence electrons. The van der Waals surface area contributed by atoms with Gasteiger partial charge in [-0.05, 0) is 18.2 Å². The monoisotopic (exact) mass is 198 g/mol. The van der Waals surface area contributed by atoms with E-state index in [4.69, 9.17) is 4.74 Å². The molecule has 0 saturated heterocycles. The lowest BCUT2D eigenvalue weighted by Crippen LogP contribution is -2.03. The minimum absolute atomic E-state index is 0.903. The van der Waals surface area contributed by atoms with Crippen molar-refractivity contribution in [2.45, 2.75) is 0 Å². The molecule has 0 heterocycles. The van der Waals surface area contributed by atoms with Crippen molar-refractivity contribution in [1.29, 1.82) is 0 Å². The highest BCUT2D eigenvalue weighted by molar-refractivity contribution is 9.10. The first-order valence-electron chi connectivity index (χ1n) is 3.04. The number of methoxy groups -OCH3 is 1. The molecule has 0 aliphatic rings. The molecule has 1 aromatic rings. The maximum atomic E-state index is 5.03. The summed E-state index contributed by atoms with van der Waals surface area (Å²) in [6, 6.07) is 5.90. The van der Waals surface area contributed by atoms with Gasteiger partial charge in [0, 0.05) is 4.47 Å². The van der Waals surface area contributed by atoms with Gasteiger partial charge in [0.2, 0.25) is 0 Å². The molecule has 0 amide bonds. The smallest absolute Gasteiger partial charge is 0.140 e. The molecule has 0 aliphatic carbocycles. The van der Waals surface area contributed by atoms with Gasteiger partial charge in [0.1, 0.15) is 13.6 Å². The Morgan fingerprint density at radius 3 is 2.70 bits per heavy atom. The van der Waals surface area contributed by atoms with Crippen LogP contribution < -0.4 is 10.2 Å². The van der Waals surface area contributed by atoms with Gasteiger partial charge in [0.25, 0.3) is 0 Å². The SMILES string of the molecule is Bc1cc(OC)ccc1Br. The molecule has 0 aromatic heterocycles. The average Bonchev–Trinajstić information content (AvgIpc) is 1.95. The highest BCUT2D eigenvalue weighted by Crippen LogP contribution is 2.12. The third-order valence-electron chi connectivity index (χ3n) is 1.37. The van der Waals surface area contributed by atoms with E-state index in [0.29, 0.717) is 0 Å². The number of benzene rings is 1. The molecule has 0 bridgehead atoms. The van der Waals surface area contributed by atoms with Crippen LogP contribution in [-0.2, 0) is 0 Å². The first-order valence-corrected chi connectivity index (χ1v) is 3.83. The van der Waals surface area contributed by atoms with Crippen molar-refractivity contribution in [3.63, 3.8) is 0 Å². The van der Waals surface area contributed by atoms with E-state index >= 15 is 0 Å². The molecule has 10 heavy (non-hydrogen) atoms. The van der Waals surface area contributed by atoms with Gasteiger partial charge in [-0.15, -0.1) is 0 Å². The molecule has 0 unspecified atom stereocenters. The van der Waals surface area contributed by atoms with E-state index in [2.05, 4.69) is 15.9 Å². The average molecular weight is 199 g/mol. The van der Waals surface area contributed by atoms with Gasteiger partial charge in [-0.2, -0.15) is 0 Å². The molecule has 3 heteroatoms. The van der Waals surface area contributed by atoms with E-state index in [-0.39, 0.29) is 0 Å². The van der Waals surface area contributed by atoms with Gasteiger partial charge in [0.05, 0.1) is 7.11 Å². The summed E-state index contributed by atoms with van der Waals surface area (Å²) in [5, 5.41) is 0. The van der Waals surface area contributed by atoms with Gasteiger partial charge < -0.3 is 4.74 Å². The topological polar surface area (TPSA) is 9.23 Å². The molecule has 1 aromatic carbocycles. The molecular weight excluding hydrogens is 191 g/mol. The van der Waals surface area contributed by atoms with Crippen LogP contribution >= 0.6 is 15.9 Å². The molecular formula is C7H8BBrO. The standard InChI is InChI=1S/C7H8BBrO/c1-10-5-2-3-7(9)6(8)4-5/h2-4H,8H2,1H3. The second-order valence-corrected chi connectivity index (χ2v) is 2.97. The fourth-order valence-electron chi connectivity index (χ4n) is 0.744. The minimum atomic E-state index is 0.903. The zero-order chi connectivity index (χ0) is 7.56. The summed E-state index contributed by atoms with van der Waals surface area (Å²) < 4.78 is 6.15. The normalized spacial score (nSPS) is 9.40. The Balaban J connectivity index is 3.04. The molecule has 1 rings (SSSR count). The molecule has 1 nitrogen and oxygen atoms in total. The van der Waals surface area contributed by atoms with Crippen molar-refractivity contribution >= 4 is 29.2 Å². The van der Waals surface area contributed by atoms with Crippen LogP contribution in [0.1, 0.15) is 0 Å².